The molecule has 0 aliphatic rings. The lowest BCUT2D eigenvalue weighted by atomic mass is 10.3. The molecule has 0 heterocycles. The zero-order valence-electron chi connectivity index (χ0n) is 9.36. The monoisotopic (exact) mass is 285 g/mol. The highest BCUT2D eigenvalue weighted by molar-refractivity contribution is 6.30. The number of ether oxygens (including phenoxy) is 1. The maximum Gasteiger partial charge on any atom is 0.411 e. The van der Waals surface area contributed by atoms with Gasteiger partial charge in [0.15, 0.2) is 0 Å². The van der Waals surface area contributed by atoms with Crippen molar-refractivity contribution in [2.45, 2.75) is 12.6 Å². The van der Waals surface area contributed by atoms with Crippen molar-refractivity contribution < 1.29 is 22.3 Å². The maximum atomic E-state index is 13.2. The molecule has 1 N–H and O–H groups in total. The van der Waals surface area contributed by atoms with Gasteiger partial charge in [-0.3, -0.25) is 0 Å². The van der Waals surface area contributed by atoms with Gasteiger partial charge in [0.2, 0.25) is 0 Å². The Balaban J connectivity index is 2.20. The third kappa shape index (κ3) is 6.07. The van der Waals surface area contributed by atoms with E-state index in [1.54, 1.807) is 0 Å². The van der Waals surface area contributed by atoms with Crippen LogP contribution < -0.4 is 5.32 Å². The van der Waals surface area contributed by atoms with Gasteiger partial charge in [-0.25, -0.2) is 4.39 Å². The van der Waals surface area contributed by atoms with Crippen LogP contribution in [0.25, 0.3) is 0 Å². The largest absolute Gasteiger partial charge is 0.411 e. The van der Waals surface area contributed by atoms with Crippen molar-refractivity contribution in [3.8, 4) is 0 Å². The van der Waals surface area contributed by atoms with Crippen molar-refractivity contribution in [3.05, 3.63) is 29.0 Å². The predicted molar refractivity (Wildman–Crippen MR) is 61.4 cm³/mol. The zero-order chi connectivity index (χ0) is 13.6. The summed E-state index contributed by atoms with van der Waals surface area (Å²) in [5.41, 5.74) is 0.221. The fourth-order valence-electron chi connectivity index (χ4n) is 1.22. The smallest absolute Gasteiger partial charge is 0.383 e. The number of alkyl halides is 3. The molecule has 18 heavy (non-hydrogen) atoms. The number of rotatable bonds is 6. The van der Waals surface area contributed by atoms with E-state index in [1.807, 2.05) is 0 Å². The lowest BCUT2D eigenvalue weighted by molar-refractivity contribution is -0.173. The van der Waals surface area contributed by atoms with Gasteiger partial charge in [-0.15, -0.1) is 0 Å². The molecule has 0 aliphatic heterocycles. The molecule has 0 saturated heterocycles. The second-order valence-corrected chi connectivity index (χ2v) is 4.01. The molecular formula is C11H12ClF4NO. The molecule has 102 valence electrons. The Hall–Kier alpha value is -1.01. The summed E-state index contributed by atoms with van der Waals surface area (Å²) >= 11 is 5.67. The topological polar surface area (TPSA) is 21.3 Å². The minimum Gasteiger partial charge on any atom is -0.383 e. The molecule has 0 atom stereocenters. The van der Waals surface area contributed by atoms with E-state index in [9.17, 15) is 17.6 Å². The van der Waals surface area contributed by atoms with E-state index in [2.05, 4.69) is 10.1 Å². The van der Waals surface area contributed by atoms with Gasteiger partial charge in [0.1, 0.15) is 12.4 Å². The first kappa shape index (κ1) is 15.0. The third-order valence-electron chi connectivity index (χ3n) is 1.98. The Labute approximate surface area is 107 Å². The molecule has 0 amide bonds. The SMILES string of the molecule is Fc1ccc(Cl)cc1NCCCOCC(F)(F)F. The number of hydrogen-bond acceptors (Lipinski definition) is 2. The minimum atomic E-state index is -4.31. The molecular weight excluding hydrogens is 274 g/mol. The Morgan fingerprint density at radius 2 is 2.00 bits per heavy atom. The summed E-state index contributed by atoms with van der Waals surface area (Å²) in [6.45, 7) is -1.01. The number of halogens is 5. The molecule has 1 aromatic rings. The number of hydrogen-bond donors (Lipinski definition) is 1. The Morgan fingerprint density at radius 3 is 2.67 bits per heavy atom. The van der Waals surface area contributed by atoms with Gasteiger partial charge in [-0.05, 0) is 24.6 Å². The Kier molecular flexibility index (Phi) is 5.68. The predicted octanol–water partition coefficient (Wildman–Crippen LogP) is 3.86. The lowest BCUT2D eigenvalue weighted by Gasteiger charge is -2.09. The van der Waals surface area contributed by atoms with Crippen molar-refractivity contribution in [1.82, 2.24) is 0 Å². The maximum absolute atomic E-state index is 13.2. The van der Waals surface area contributed by atoms with E-state index in [4.69, 9.17) is 11.6 Å². The summed E-state index contributed by atoms with van der Waals surface area (Å²) in [6, 6.07) is 4.03. The quantitative estimate of drug-likeness (QED) is 0.633. The van der Waals surface area contributed by atoms with E-state index in [0.29, 0.717) is 18.0 Å². The second-order valence-electron chi connectivity index (χ2n) is 3.57. The molecule has 0 unspecified atom stereocenters. The molecule has 2 nitrogen and oxygen atoms in total. The molecule has 0 aliphatic carbocycles. The first-order chi connectivity index (χ1) is 8.38. The first-order valence-electron chi connectivity index (χ1n) is 5.22. The summed E-state index contributed by atoms with van der Waals surface area (Å²) in [6.07, 6.45) is -3.98. The van der Waals surface area contributed by atoms with Gasteiger partial charge < -0.3 is 10.1 Å². The molecule has 0 radical (unpaired) electrons. The van der Waals surface area contributed by atoms with Crippen LogP contribution in [-0.4, -0.2) is 25.9 Å². The molecule has 0 spiro atoms. The first-order valence-corrected chi connectivity index (χ1v) is 5.60. The third-order valence-corrected chi connectivity index (χ3v) is 2.21. The molecule has 1 rings (SSSR count). The van der Waals surface area contributed by atoms with Gasteiger partial charge in [0.25, 0.3) is 0 Å². The van der Waals surface area contributed by atoms with Crippen LogP contribution in [0.1, 0.15) is 6.42 Å². The van der Waals surface area contributed by atoms with E-state index in [-0.39, 0.29) is 12.3 Å². The summed E-state index contributed by atoms with van der Waals surface area (Å²) < 4.78 is 52.8. The van der Waals surface area contributed by atoms with Crippen molar-refractivity contribution in [1.29, 1.82) is 0 Å². The van der Waals surface area contributed by atoms with Crippen molar-refractivity contribution in [2.24, 2.45) is 0 Å². The molecule has 0 saturated carbocycles. The average Bonchev–Trinajstić information content (AvgIpc) is 2.26. The van der Waals surface area contributed by atoms with E-state index in [0.717, 1.165) is 0 Å². The molecule has 7 heteroatoms. The van der Waals surface area contributed by atoms with Crippen molar-refractivity contribution in [3.63, 3.8) is 0 Å². The fraction of sp³-hybridized carbons (Fsp3) is 0.455. The van der Waals surface area contributed by atoms with Gasteiger partial charge >= 0.3 is 6.18 Å². The van der Waals surface area contributed by atoms with Gasteiger partial charge in [0.05, 0.1) is 5.69 Å². The van der Waals surface area contributed by atoms with Gasteiger partial charge in [-0.1, -0.05) is 11.6 Å². The molecule has 0 aromatic heterocycles. The summed E-state index contributed by atoms with van der Waals surface area (Å²) in [5, 5.41) is 3.11. The normalized spacial score (nSPS) is 11.6. The summed E-state index contributed by atoms with van der Waals surface area (Å²) in [7, 11) is 0. The number of anilines is 1. The molecule has 1 aromatic carbocycles. The second kappa shape index (κ2) is 6.80. The lowest BCUT2D eigenvalue weighted by Crippen LogP contribution is -2.18. The number of benzene rings is 1. The summed E-state index contributed by atoms with van der Waals surface area (Å²) in [5.74, 6) is -0.462. The van der Waals surface area contributed by atoms with Crippen LogP contribution in [0.3, 0.4) is 0 Å². The minimum absolute atomic E-state index is 0.0469. The molecule has 0 fully saturated rings. The Bertz CT molecular complexity index is 384. The van der Waals surface area contributed by atoms with Gasteiger partial charge in [-0.2, -0.15) is 13.2 Å². The van der Waals surface area contributed by atoms with Crippen LogP contribution in [0.2, 0.25) is 5.02 Å². The molecule has 0 bridgehead atoms. The Morgan fingerprint density at radius 1 is 1.28 bits per heavy atom. The van der Waals surface area contributed by atoms with Crippen LogP contribution in [0, 0.1) is 5.82 Å². The number of nitrogens with one attached hydrogen (secondary N) is 1. The highest BCUT2D eigenvalue weighted by Crippen LogP contribution is 2.19. The van der Waals surface area contributed by atoms with E-state index in [1.165, 1.54) is 18.2 Å². The van der Waals surface area contributed by atoms with Crippen molar-refractivity contribution >= 4 is 17.3 Å². The van der Waals surface area contributed by atoms with Crippen LogP contribution in [-0.2, 0) is 4.74 Å². The average molecular weight is 286 g/mol. The van der Waals surface area contributed by atoms with E-state index < -0.39 is 18.6 Å². The zero-order valence-corrected chi connectivity index (χ0v) is 10.1. The standard InChI is InChI=1S/C11H12ClF4NO/c12-8-2-3-9(13)10(6-8)17-4-1-5-18-7-11(14,15)16/h2-3,6,17H,1,4-5,7H2. The fourth-order valence-corrected chi connectivity index (χ4v) is 1.39. The van der Waals surface area contributed by atoms with Crippen LogP contribution >= 0.6 is 11.6 Å². The highest BCUT2D eigenvalue weighted by Gasteiger charge is 2.27. The van der Waals surface area contributed by atoms with Crippen LogP contribution in [0.5, 0.6) is 0 Å². The van der Waals surface area contributed by atoms with E-state index >= 15 is 0 Å². The van der Waals surface area contributed by atoms with Crippen LogP contribution in [0.15, 0.2) is 18.2 Å². The highest BCUT2D eigenvalue weighted by atomic mass is 35.5. The van der Waals surface area contributed by atoms with Gasteiger partial charge in [0, 0.05) is 18.2 Å². The van der Waals surface area contributed by atoms with Crippen LogP contribution in [0.4, 0.5) is 23.2 Å². The summed E-state index contributed by atoms with van der Waals surface area (Å²) in [4.78, 5) is 0. The van der Waals surface area contributed by atoms with Crippen molar-refractivity contribution in [2.75, 3.05) is 25.1 Å².